The van der Waals surface area contributed by atoms with Crippen molar-refractivity contribution in [3.63, 3.8) is 0 Å². The predicted octanol–water partition coefficient (Wildman–Crippen LogP) is 3.44. The van der Waals surface area contributed by atoms with Crippen LogP contribution >= 0.6 is 11.3 Å². The lowest BCUT2D eigenvalue weighted by Crippen LogP contribution is -2.15. The van der Waals surface area contributed by atoms with Crippen molar-refractivity contribution in [1.82, 2.24) is 0 Å². The first-order chi connectivity index (χ1) is 7.58. The van der Waals surface area contributed by atoms with Crippen molar-refractivity contribution in [3.05, 3.63) is 21.4 Å². The van der Waals surface area contributed by atoms with Gasteiger partial charge in [-0.15, -0.1) is 11.3 Å². The maximum Gasteiger partial charge on any atom is 0.339 e. The van der Waals surface area contributed by atoms with Crippen LogP contribution in [0.4, 0.5) is 0 Å². The Balaban J connectivity index is 2.20. The largest absolute Gasteiger partial charge is 0.459 e. The summed E-state index contributed by atoms with van der Waals surface area (Å²) in [4.78, 5) is 13.2. The monoisotopic (exact) mass is 238 g/mol. The molecular weight excluding hydrogens is 220 g/mol. The number of ether oxygens (including phenoxy) is 1. The van der Waals surface area contributed by atoms with Crippen molar-refractivity contribution in [2.75, 3.05) is 0 Å². The normalized spacial score (nSPS) is 19.6. The lowest BCUT2D eigenvalue weighted by molar-refractivity contribution is 0.0377. The predicted molar refractivity (Wildman–Crippen MR) is 66.1 cm³/mol. The van der Waals surface area contributed by atoms with Gasteiger partial charge in [0.1, 0.15) is 0 Å². The highest BCUT2D eigenvalue weighted by Gasteiger charge is 2.24. The first kappa shape index (κ1) is 11.6. The average Bonchev–Trinajstić information content (AvgIpc) is 2.59. The van der Waals surface area contributed by atoms with Crippen LogP contribution in [0.5, 0.6) is 0 Å². The quantitative estimate of drug-likeness (QED) is 0.738. The molecular formula is C13H18O2S. The number of thiophene rings is 1. The second-order valence-corrected chi connectivity index (χ2v) is 5.82. The minimum atomic E-state index is -0.151. The Hall–Kier alpha value is -0.830. The lowest BCUT2D eigenvalue weighted by Gasteiger charge is -2.18. The van der Waals surface area contributed by atoms with Gasteiger partial charge in [0.15, 0.2) is 0 Å². The van der Waals surface area contributed by atoms with Crippen LogP contribution in [0.3, 0.4) is 0 Å². The summed E-state index contributed by atoms with van der Waals surface area (Å²) in [7, 11) is 0. The molecule has 1 aliphatic carbocycles. The zero-order chi connectivity index (χ0) is 11.7. The molecule has 0 aliphatic heterocycles. The van der Waals surface area contributed by atoms with Crippen LogP contribution in [-0.2, 0) is 17.6 Å². The van der Waals surface area contributed by atoms with E-state index >= 15 is 0 Å². The fourth-order valence-electron chi connectivity index (χ4n) is 2.13. The molecule has 3 heteroatoms. The van der Waals surface area contributed by atoms with E-state index in [0.29, 0.717) is 0 Å². The molecule has 0 fully saturated rings. The summed E-state index contributed by atoms with van der Waals surface area (Å²) >= 11 is 1.71. The molecule has 1 heterocycles. The molecule has 0 amide bonds. The van der Waals surface area contributed by atoms with Crippen LogP contribution < -0.4 is 0 Å². The van der Waals surface area contributed by atoms with E-state index in [2.05, 4.69) is 6.92 Å². The second-order valence-electron chi connectivity index (χ2n) is 4.85. The van der Waals surface area contributed by atoms with E-state index in [1.165, 1.54) is 16.9 Å². The van der Waals surface area contributed by atoms with Gasteiger partial charge in [-0.05, 0) is 44.6 Å². The molecule has 1 aromatic heterocycles. The lowest BCUT2D eigenvalue weighted by atomic mass is 9.88. The highest BCUT2D eigenvalue weighted by molar-refractivity contribution is 7.10. The molecule has 0 saturated heterocycles. The highest BCUT2D eigenvalue weighted by atomic mass is 32.1. The number of esters is 1. The molecule has 0 spiro atoms. The van der Waals surface area contributed by atoms with Crippen molar-refractivity contribution in [1.29, 1.82) is 0 Å². The third-order valence-electron chi connectivity index (χ3n) is 2.96. The zero-order valence-corrected chi connectivity index (χ0v) is 10.9. The van der Waals surface area contributed by atoms with Gasteiger partial charge >= 0.3 is 5.97 Å². The maximum atomic E-state index is 11.9. The molecule has 0 saturated carbocycles. The van der Waals surface area contributed by atoms with Gasteiger partial charge in [-0.25, -0.2) is 4.79 Å². The SMILES string of the molecule is CC1CCc2c(C(=O)OC(C)C)csc2C1. The average molecular weight is 238 g/mol. The van der Waals surface area contributed by atoms with Gasteiger partial charge in [0, 0.05) is 10.3 Å². The van der Waals surface area contributed by atoms with Crippen molar-refractivity contribution < 1.29 is 9.53 Å². The summed E-state index contributed by atoms with van der Waals surface area (Å²) in [5.41, 5.74) is 2.05. The maximum absolute atomic E-state index is 11.9. The number of carbonyl (C=O) groups is 1. The third-order valence-corrected chi connectivity index (χ3v) is 4.02. The Morgan fingerprint density at radius 3 is 3.00 bits per heavy atom. The first-order valence-electron chi connectivity index (χ1n) is 5.88. The van der Waals surface area contributed by atoms with Crippen LogP contribution in [0.25, 0.3) is 0 Å². The van der Waals surface area contributed by atoms with Crippen molar-refractivity contribution >= 4 is 17.3 Å². The Morgan fingerprint density at radius 1 is 1.56 bits per heavy atom. The molecule has 2 rings (SSSR count). The topological polar surface area (TPSA) is 26.3 Å². The number of fused-ring (bicyclic) bond motifs is 1. The summed E-state index contributed by atoms with van der Waals surface area (Å²) in [6.07, 6.45) is 3.30. The molecule has 0 radical (unpaired) electrons. The van der Waals surface area contributed by atoms with Gasteiger partial charge in [0.2, 0.25) is 0 Å². The van der Waals surface area contributed by atoms with Crippen molar-refractivity contribution in [2.45, 2.75) is 46.1 Å². The molecule has 0 N–H and O–H groups in total. The first-order valence-corrected chi connectivity index (χ1v) is 6.76. The minimum Gasteiger partial charge on any atom is -0.459 e. The Bertz CT molecular complexity index is 393. The van der Waals surface area contributed by atoms with E-state index in [1.807, 2.05) is 19.2 Å². The van der Waals surface area contributed by atoms with E-state index < -0.39 is 0 Å². The molecule has 1 unspecified atom stereocenters. The number of carbonyl (C=O) groups excluding carboxylic acids is 1. The molecule has 16 heavy (non-hydrogen) atoms. The summed E-state index contributed by atoms with van der Waals surface area (Å²) in [5, 5.41) is 1.97. The van der Waals surface area contributed by atoms with Gasteiger partial charge in [0.25, 0.3) is 0 Å². The fraction of sp³-hybridized carbons (Fsp3) is 0.615. The summed E-state index contributed by atoms with van der Waals surface area (Å²) in [6.45, 7) is 6.05. The Labute approximate surface area is 101 Å². The standard InChI is InChI=1S/C13H18O2S/c1-8(2)15-13(14)11-7-16-12-6-9(3)4-5-10(11)12/h7-9H,4-6H2,1-3H3. The van der Waals surface area contributed by atoms with E-state index in [4.69, 9.17) is 4.74 Å². The van der Waals surface area contributed by atoms with Crippen LogP contribution in [0, 0.1) is 5.92 Å². The Kier molecular flexibility index (Phi) is 3.33. The molecule has 1 atom stereocenters. The van der Waals surface area contributed by atoms with Gasteiger partial charge in [-0.2, -0.15) is 0 Å². The van der Waals surface area contributed by atoms with Crippen LogP contribution in [0.1, 0.15) is 48.0 Å². The molecule has 1 aromatic rings. The van der Waals surface area contributed by atoms with Gasteiger partial charge in [-0.1, -0.05) is 6.92 Å². The Morgan fingerprint density at radius 2 is 2.31 bits per heavy atom. The minimum absolute atomic E-state index is 0.0365. The summed E-state index contributed by atoms with van der Waals surface area (Å²) in [6, 6.07) is 0. The fourth-order valence-corrected chi connectivity index (χ4v) is 3.36. The molecule has 0 bridgehead atoms. The number of rotatable bonds is 2. The van der Waals surface area contributed by atoms with Gasteiger partial charge in [0.05, 0.1) is 11.7 Å². The molecule has 0 aromatic carbocycles. The van der Waals surface area contributed by atoms with E-state index in [9.17, 15) is 4.79 Å². The third kappa shape index (κ3) is 2.29. The van der Waals surface area contributed by atoms with Crippen LogP contribution in [0.2, 0.25) is 0 Å². The zero-order valence-electron chi connectivity index (χ0n) is 10.1. The van der Waals surface area contributed by atoms with Gasteiger partial charge < -0.3 is 4.74 Å². The summed E-state index contributed by atoms with van der Waals surface area (Å²) < 4.78 is 5.26. The van der Waals surface area contributed by atoms with Crippen LogP contribution in [0.15, 0.2) is 5.38 Å². The summed E-state index contributed by atoms with van der Waals surface area (Å²) in [5.74, 6) is 0.599. The molecule has 1 aliphatic rings. The number of hydrogen-bond acceptors (Lipinski definition) is 3. The molecule has 88 valence electrons. The van der Waals surface area contributed by atoms with Crippen molar-refractivity contribution in [2.24, 2.45) is 5.92 Å². The molecule has 2 nitrogen and oxygen atoms in total. The number of hydrogen-bond donors (Lipinski definition) is 0. The van der Waals surface area contributed by atoms with E-state index in [1.54, 1.807) is 11.3 Å². The van der Waals surface area contributed by atoms with E-state index in [-0.39, 0.29) is 12.1 Å². The van der Waals surface area contributed by atoms with Gasteiger partial charge in [-0.3, -0.25) is 0 Å². The van der Waals surface area contributed by atoms with Crippen molar-refractivity contribution in [3.8, 4) is 0 Å². The second kappa shape index (κ2) is 4.58. The van der Waals surface area contributed by atoms with Crippen LogP contribution in [-0.4, -0.2) is 12.1 Å². The smallest absolute Gasteiger partial charge is 0.339 e. The van der Waals surface area contributed by atoms with E-state index in [0.717, 1.165) is 24.3 Å². The highest BCUT2D eigenvalue weighted by Crippen LogP contribution is 2.33.